The van der Waals surface area contributed by atoms with Crippen LogP contribution in [0, 0.1) is 0 Å². The Balaban J connectivity index is 1.55. The SMILES string of the molecule is COc1ccc(-c2nsc(NC(=O)c3ccccc3-n3cnnn3)n2)cc1. The first kappa shape index (κ1) is 16.8. The molecule has 0 aliphatic carbocycles. The van der Waals surface area contributed by atoms with E-state index in [1.165, 1.54) is 11.0 Å². The lowest BCUT2D eigenvalue weighted by atomic mass is 10.1. The van der Waals surface area contributed by atoms with Crippen LogP contribution in [0.15, 0.2) is 54.9 Å². The van der Waals surface area contributed by atoms with Gasteiger partial charge in [0.15, 0.2) is 5.82 Å². The van der Waals surface area contributed by atoms with E-state index in [9.17, 15) is 4.79 Å². The molecule has 0 unspecified atom stereocenters. The summed E-state index contributed by atoms with van der Waals surface area (Å²) in [4.78, 5) is 17.1. The molecule has 0 bridgehead atoms. The topological polar surface area (TPSA) is 108 Å². The van der Waals surface area contributed by atoms with E-state index in [1.807, 2.05) is 24.3 Å². The van der Waals surface area contributed by atoms with E-state index in [-0.39, 0.29) is 5.91 Å². The highest BCUT2D eigenvalue weighted by Crippen LogP contribution is 2.24. The third-order valence-corrected chi connectivity index (χ3v) is 4.37. The normalized spacial score (nSPS) is 10.6. The molecule has 2 aromatic carbocycles. The summed E-state index contributed by atoms with van der Waals surface area (Å²) in [5.41, 5.74) is 1.83. The molecule has 0 fully saturated rings. The van der Waals surface area contributed by atoms with Crippen molar-refractivity contribution < 1.29 is 9.53 Å². The maximum absolute atomic E-state index is 12.7. The maximum atomic E-state index is 12.7. The summed E-state index contributed by atoms with van der Waals surface area (Å²) < 4.78 is 10.9. The van der Waals surface area contributed by atoms with Gasteiger partial charge in [-0.15, -0.1) is 5.10 Å². The van der Waals surface area contributed by atoms with Crippen molar-refractivity contribution in [2.45, 2.75) is 0 Å². The standard InChI is InChI=1S/C17H13N7O2S/c1-26-12-8-6-11(7-9-12)15-19-17(27-21-15)20-16(25)13-4-2-3-5-14(13)24-10-18-22-23-24/h2-10H,1H3,(H,19,20,21,25). The van der Waals surface area contributed by atoms with Gasteiger partial charge in [0.05, 0.1) is 18.4 Å². The smallest absolute Gasteiger partial charge is 0.259 e. The van der Waals surface area contributed by atoms with Crippen molar-refractivity contribution >= 4 is 22.6 Å². The van der Waals surface area contributed by atoms with E-state index in [2.05, 4.69) is 30.2 Å². The van der Waals surface area contributed by atoms with Crippen LogP contribution in [0.2, 0.25) is 0 Å². The van der Waals surface area contributed by atoms with Crippen molar-refractivity contribution in [3.05, 3.63) is 60.4 Å². The average Bonchev–Trinajstić information content (AvgIpc) is 3.40. The monoisotopic (exact) mass is 379 g/mol. The summed E-state index contributed by atoms with van der Waals surface area (Å²) >= 11 is 1.11. The van der Waals surface area contributed by atoms with Gasteiger partial charge in [0.1, 0.15) is 12.1 Å². The Hall–Kier alpha value is -3.66. The first-order valence-corrected chi connectivity index (χ1v) is 8.64. The minimum atomic E-state index is -0.321. The van der Waals surface area contributed by atoms with Crippen LogP contribution >= 0.6 is 11.5 Å². The minimum Gasteiger partial charge on any atom is -0.497 e. The third-order valence-electron chi connectivity index (χ3n) is 3.74. The zero-order valence-electron chi connectivity index (χ0n) is 14.1. The lowest BCUT2D eigenvalue weighted by Gasteiger charge is -2.07. The lowest BCUT2D eigenvalue weighted by molar-refractivity contribution is 0.102. The van der Waals surface area contributed by atoms with Crippen molar-refractivity contribution in [2.24, 2.45) is 0 Å². The van der Waals surface area contributed by atoms with Gasteiger partial charge in [0, 0.05) is 17.1 Å². The summed E-state index contributed by atoms with van der Waals surface area (Å²) in [6.07, 6.45) is 1.43. The molecule has 0 saturated carbocycles. The molecular formula is C17H13N7O2S. The number of methoxy groups -OCH3 is 1. The molecule has 9 nitrogen and oxygen atoms in total. The number of benzene rings is 2. The van der Waals surface area contributed by atoms with Crippen LogP contribution in [0.4, 0.5) is 5.13 Å². The van der Waals surface area contributed by atoms with Crippen molar-refractivity contribution in [2.75, 3.05) is 12.4 Å². The van der Waals surface area contributed by atoms with Gasteiger partial charge in [-0.3, -0.25) is 10.1 Å². The van der Waals surface area contributed by atoms with Gasteiger partial charge in [0.25, 0.3) is 5.91 Å². The van der Waals surface area contributed by atoms with Crippen LogP contribution < -0.4 is 10.1 Å². The van der Waals surface area contributed by atoms with Gasteiger partial charge < -0.3 is 4.74 Å². The molecule has 1 N–H and O–H groups in total. The summed E-state index contributed by atoms with van der Waals surface area (Å²) in [6.45, 7) is 0. The number of carbonyl (C=O) groups is 1. The minimum absolute atomic E-state index is 0.321. The van der Waals surface area contributed by atoms with Gasteiger partial charge in [-0.25, -0.2) is 0 Å². The fourth-order valence-corrected chi connectivity index (χ4v) is 3.02. The third kappa shape index (κ3) is 3.51. The Morgan fingerprint density at radius 3 is 2.70 bits per heavy atom. The number of anilines is 1. The van der Waals surface area contributed by atoms with E-state index in [0.717, 1.165) is 22.8 Å². The second-order valence-electron chi connectivity index (χ2n) is 5.38. The highest BCUT2D eigenvalue weighted by atomic mass is 32.1. The van der Waals surface area contributed by atoms with Gasteiger partial charge >= 0.3 is 0 Å². The van der Waals surface area contributed by atoms with Crippen LogP contribution in [0.3, 0.4) is 0 Å². The molecule has 0 saturated heterocycles. The zero-order chi connectivity index (χ0) is 18.6. The number of hydrogen-bond acceptors (Lipinski definition) is 8. The van der Waals surface area contributed by atoms with E-state index < -0.39 is 0 Å². The molecule has 2 aromatic heterocycles. The number of tetrazole rings is 1. The van der Waals surface area contributed by atoms with Gasteiger partial charge in [-0.05, 0) is 46.8 Å². The highest BCUT2D eigenvalue weighted by Gasteiger charge is 2.16. The highest BCUT2D eigenvalue weighted by molar-refractivity contribution is 7.10. The number of ether oxygens (including phenoxy) is 1. The van der Waals surface area contributed by atoms with E-state index >= 15 is 0 Å². The molecule has 10 heteroatoms. The maximum Gasteiger partial charge on any atom is 0.259 e. The van der Waals surface area contributed by atoms with Crippen molar-refractivity contribution in [3.8, 4) is 22.8 Å². The van der Waals surface area contributed by atoms with Crippen molar-refractivity contribution in [3.63, 3.8) is 0 Å². The first-order chi connectivity index (χ1) is 13.2. The average molecular weight is 379 g/mol. The molecule has 1 amide bonds. The Morgan fingerprint density at radius 2 is 1.96 bits per heavy atom. The number of nitrogens with zero attached hydrogens (tertiary/aromatic N) is 6. The molecule has 4 rings (SSSR count). The predicted molar refractivity (Wildman–Crippen MR) is 99.0 cm³/mol. The van der Waals surface area contributed by atoms with Crippen LogP contribution in [0.25, 0.3) is 17.1 Å². The lowest BCUT2D eigenvalue weighted by Crippen LogP contribution is -2.15. The summed E-state index contributed by atoms with van der Waals surface area (Å²) in [5, 5.41) is 14.2. The van der Waals surface area contributed by atoms with Crippen molar-refractivity contribution in [1.29, 1.82) is 0 Å². The fraction of sp³-hybridized carbons (Fsp3) is 0.0588. The molecule has 0 aliphatic rings. The summed E-state index contributed by atoms with van der Waals surface area (Å²) in [6, 6.07) is 14.4. The van der Waals surface area contributed by atoms with Gasteiger partial charge in [-0.2, -0.15) is 14.0 Å². The number of amides is 1. The Bertz CT molecular complexity index is 1060. The summed E-state index contributed by atoms with van der Waals surface area (Å²) in [7, 11) is 1.61. The predicted octanol–water partition coefficient (Wildman–Crippen LogP) is 2.44. The molecule has 0 spiro atoms. The molecule has 0 aliphatic heterocycles. The van der Waals surface area contributed by atoms with Crippen LogP contribution in [-0.2, 0) is 0 Å². The second kappa shape index (κ2) is 7.30. The summed E-state index contributed by atoms with van der Waals surface area (Å²) in [5.74, 6) is 0.965. The van der Waals surface area contributed by atoms with E-state index in [4.69, 9.17) is 4.74 Å². The van der Waals surface area contributed by atoms with E-state index in [0.29, 0.717) is 22.2 Å². The molecule has 0 atom stereocenters. The Kier molecular flexibility index (Phi) is 4.54. The molecule has 27 heavy (non-hydrogen) atoms. The molecular weight excluding hydrogens is 366 g/mol. The number of carbonyl (C=O) groups excluding carboxylic acids is 1. The number of aromatic nitrogens is 6. The van der Waals surface area contributed by atoms with Gasteiger partial charge in [0.2, 0.25) is 5.13 Å². The molecule has 2 heterocycles. The Labute approximate surface area is 157 Å². The number of hydrogen-bond donors (Lipinski definition) is 1. The molecule has 4 aromatic rings. The number of nitrogens with one attached hydrogen (secondary N) is 1. The quantitative estimate of drug-likeness (QED) is 0.567. The zero-order valence-corrected chi connectivity index (χ0v) is 14.9. The van der Waals surface area contributed by atoms with Crippen molar-refractivity contribution in [1.82, 2.24) is 29.6 Å². The number of rotatable bonds is 5. The van der Waals surface area contributed by atoms with Crippen LogP contribution in [-0.4, -0.2) is 42.6 Å². The van der Waals surface area contributed by atoms with E-state index in [1.54, 1.807) is 31.4 Å². The second-order valence-corrected chi connectivity index (χ2v) is 6.13. The van der Waals surface area contributed by atoms with Gasteiger partial charge in [-0.1, -0.05) is 12.1 Å². The van der Waals surface area contributed by atoms with Crippen LogP contribution in [0.1, 0.15) is 10.4 Å². The number of para-hydroxylation sites is 1. The first-order valence-electron chi connectivity index (χ1n) is 7.86. The largest absolute Gasteiger partial charge is 0.497 e. The Morgan fingerprint density at radius 1 is 1.15 bits per heavy atom. The molecule has 0 radical (unpaired) electrons. The fourth-order valence-electron chi connectivity index (χ4n) is 2.43. The molecule has 134 valence electrons. The van der Waals surface area contributed by atoms with Crippen LogP contribution in [0.5, 0.6) is 5.75 Å².